The van der Waals surface area contributed by atoms with E-state index in [1.165, 1.54) is 18.0 Å². The number of aromatic nitrogens is 2. The van der Waals surface area contributed by atoms with Crippen LogP contribution in [0.5, 0.6) is 0 Å². The van der Waals surface area contributed by atoms with E-state index in [9.17, 15) is 4.79 Å². The minimum absolute atomic E-state index is 0.0408. The topological polar surface area (TPSA) is 44.1 Å². The third kappa shape index (κ3) is 2.55. The van der Waals surface area contributed by atoms with Crippen LogP contribution in [0, 0.1) is 11.8 Å². The predicted octanol–water partition coefficient (Wildman–Crippen LogP) is 3.02. The van der Waals surface area contributed by atoms with Gasteiger partial charge in [0, 0.05) is 30.5 Å². The summed E-state index contributed by atoms with van der Waals surface area (Å²) in [7, 11) is 1.48. The molecule has 3 rings (SSSR count). The van der Waals surface area contributed by atoms with Gasteiger partial charge in [-0.3, -0.25) is 9.78 Å². The van der Waals surface area contributed by atoms with Crippen molar-refractivity contribution in [2.45, 2.75) is 32.2 Å². The third-order valence-electron chi connectivity index (χ3n) is 4.41. The molecule has 0 spiro atoms. The van der Waals surface area contributed by atoms with Gasteiger partial charge in [-0.25, -0.2) is 0 Å². The maximum Gasteiger partial charge on any atom is 0.308 e. The van der Waals surface area contributed by atoms with Crippen LogP contribution >= 0.6 is 0 Å². The third-order valence-corrected chi connectivity index (χ3v) is 4.41. The van der Waals surface area contributed by atoms with Crippen LogP contribution in [-0.4, -0.2) is 22.6 Å². The molecule has 2 aromatic heterocycles. The molecular formula is C16H20N2O2. The molecule has 0 amide bonds. The smallest absolute Gasteiger partial charge is 0.308 e. The van der Waals surface area contributed by atoms with Gasteiger partial charge in [-0.05, 0) is 43.7 Å². The lowest BCUT2D eigenvalue weighted by Gasteiger charge is -2.27. The number of carbonyl (C=O) groups is 1. The van der Waals surface area contributed by atoms with Gasteiger partial charge in [0.25, 0.3) is 0 Å². The van der Waals surface area contributed by atoms with Crippen molar-refractivity contribution in [3.05, 3.63) is 30.7 Å². The Morgan fingerprint density at radius 1 is 1.35 bits per heavy atom. The van der Waals surface area contributed by atoms with Crippen LogP contribution in [0.3, 0.4) is 0 Å². The number of methoxy groups -OCH3 is 1. The van der Waals surface area contributed by atoms with E-state index in [1.54, 1.807) is 0 Å². The molecule has 20 heavy (non-hydrogen) atoms. The lowest BCUT2D eigenvalue weighted by atomic mass is 9.82. The molecular weight excluding hydrogens is 252 g/mol. The minimum Gasteiger partial charge on any atom is -0.469 e. The van der Waals surface area contributed by atoms with Crippen LogP contribution in [0.1, 0.15) is 25.7 Å². The van der Waals surface area contributed by atoms with Crippen molar-refractivity contribution in [2.75, 3.05) is 7.11 Å². The molecule has 0 unspecified atom stereocenters. The second-order valence-corrected chi connectivity index (χ2v) is 5.64. The standard InChI is InChI=1S/C16H20N2O2/c1-20-16(19)13-4-2-12(3-5-13)11-18-9-7-14-10-17-8-6-15(14)18/h6-10,12-13H,2-5,11H2,1H3/t12-,13-. The predicted molar refractivity (Wildman–Crippen MR) is 77.2 cm³/mol. The lowest BCUT2D eigenvalue weighted by Crippen LogP contribution is -2.24. The summed E-state index contributed by atoms with van der Waals surface area (Å²) in [4.78, 5) is 15.7. The number of carbonyl (C=O) groups excluding carboxylic acids is 1. The Hall–Kier alpha value is -1.84. The van der Waals surface area contributed by atoms with E-state index < -0.39 is 0 Å². The first kappa shape index (κ1) is 13.2. The highest BCUT2D eigenvalue weighted by molar-refractivity contribution is 5.78. The number of fused-ring (bicyclic) bond motifs is 1. The Bertz CT molecular complexity index is 597. The van der Waals surface area contributed by atoms with E-state index >= 15 is 0 Å². The monoisotopic (exact) mass is 272 g/mol. The molecule has 1 fully saturated rings. The van der Waals surface area contributed by atoms with Gasteiger partial charge in [0.05, 0.1) is 18.5 Å². The fraction of sp³-hybridized carbons (Fsp3) is 0.500. The van der Waals surface area contributed by atoms with Crippen molar-refractivity contribution in [1.29, 1.82) is 0 Å². The summed E-state index contributed by atoms with van der Waals surface area (Å²) in [5, 5.41) is 1.19. The zero-order valence-corrected chi connectivity index (χ0v) is 11.8. The average Bonchev–Trinajstić information content (AvgIpc) is 2.91. The summed E-state index contributed by atoms with van der Waals surface area (Å²) in [5.74, 6) is 0.725. The number of ether oxygens (including phenoxy) is 1. The normalized spacial score (nSPS) is 22.9. The Kier molecular flexibility index (Phi) is 3.72. The highest BCUT2D eigenvalue weighted by atomic mass is 16.5. The number of pyridine rings is 1. The molecule has 4 heteroatoms. The number of hydrogen-bond acceptors (Lipinski definition) is 3. The van der Waals surface area contributed by atoms with Crippen molar-refractivity contribution >= 4 is 16.9 Å². The Labute approximate surface area is 118 Å². The quantitative estimate of drug-likeness (QED) is 0.807. The van der Waals surface area contributed by atoms with Gasteiger partial charge >= 0.3 is 5.97 Å². The molecule has 1 aliphatic rings. The summed E-state index contributed by atoms with van der Waals surface area (Å²) in [6.07, 6.45) is 10.00. The number of nitrogens with zero attached hydrogens (tertiary/aromatic N) is 2. The maximum absolute atomic E-state index is 11.5. The molecule has 0 aromatic carbocycles. The number of esters is 1. The first-order chi connectivity index (χ1) is 9.78. The van der Waals surface area contributed by atoms with Gasteiger partial charge in [0.2, 0.25) is 0 Å². The molecule has 1 saturated carbocycles. The molecule has 1 aliphatic carbocycles. The molecule has 0 saturated heterocycles. The van der Waals surface area contributed by atoms with Crippen molar-refractivity contribution in [3.63, 3.8) is 0 Å². The number of rotatable bonds is 3. The molecule has 4 nitrogen and oxygen atoms in total. The molecule has 106 valence electrons. The molecule has 0 atom stereocenters. The van der Waals surface area contributed by atoms with Gasteiger partial charge in [0.15, 0.2) is 0 Å². The lowest BCUT2D eigenvalue weighted by molar-refractivity contribution is -0.146. The van der Waals surface area contributed by atoms with Gasteiger partial charge in [0.1, 0.15) is 0 Å². The van der Waals surface area contributed by atoms with Crippen LogP contribution < -0.4 is 0 Å². The zero-order chi connectivity index (χ0) is 13.9. The fourth-order valence-electron chi connectivity index (χ4n) is 3.22. The SMILES string of the molecule is COC(=O)[C@H]1CC[C@H](Cn2ccc3cnccc32)CC1. The largest absolute Gasteiger partial charge is 0.469 e. The van der Waals surface area contributed by atoms with Crippen molar-refractivity contribution in [1.82, 2.24) is 9.55 Å². The van der Waals surface area contributed by atoms with E-state index in [2.05, 4.69) is 27.9 Å². The second-order valence-electron chi connectivity index (χ2n) is 5.64. The highest BCUT2D eigenvalue weighted by Gasteiger charge is 2.27. The summed E-state index contributed by atoms with van der Waals surface area (Å²) in [6.45, 7) is 1.03. The van der Waals surface area contributed by atoms with Gasteiger partial charge in [-0.1, -0.05) is 0 Å². The van der Waals surface area contributed by atoms with Gasteiger partial charge in [-0.2, -0.15) is 0 Å². The molecule has 0 bridgehead atoms. The highest BCUT2D eigenvalue weighted by Crippen LogP contribution is 2.31. The van der Waals surface area contributed by atoms with Crippen molar-refractivity contribution in [3.8, 4) is 0 Å². The van der Waals surface area contributed by atoms with Gasteiger partial charge < -0.3 is 9.30 Å². The van der Waals surface area contributed by atoms with Crippen molar-refractivity contribution < 1.29 is 9.53 Å². The number of hydrogen-bond donors (Lipinski definition) is 0. The first-order valence-electron chi connectivity index (χ1n) is 7.24. The van der Waals surface area contributed by atoms with E-state index in [-0.39, 0.29) is 11.9 Å². The molecule has 0 aliphatic heterocycles. The first-order valence-corrected chi connectivity index (χ1v) is 7.24. The summed E-state index contributed by atoms with van der Waals surface area (Å²) < 4.78 is 7.14. The van der Waals surface area contributed by atoms with Crippen molar-refractivity contribution in [2.24, 2.45) is 11.8 Å². The average molecular weight is 272 g/mol. The summed E-state index contributed by atoms with van der Waals surface area (Å²) >= 11 is 0. The van der Waals surface area contributed by atoms with E-state index in [4.69, 9.17) is 4.74 Å². The summed E-state index contributed by atoms with van der Waals surface area (Å²) in [6, 6.07) is 4.18. The zero-order valence-electron chi connectivity index (χ0n) is 11.8. The Morgan fingerprint density at radius 3 is 2.90 bits per heavy atom. The molecule has 0 N–H and O–H groups in total. The van der Waals surface area contributed by atoms with E-state index in [1.807, 2.05) is 12.4 Å². The van der Waals surface area contributed by atoms with E-state index in [0.29, 0.717) is 5.92 Å². The Balaban J connectivity index is 1.64. The van der Waals surface area contributed by atoms with Crippen LogP contribution in [-0.2, 0) is 16.1 Å². The van der Waals surface area contributed by atoms with Crippen LogP contribution in [0.2, 0.25) is 0 Å². The Morgan fingerprint density at radius 2 is 2.15 bits per heavy atom. The molecule has 0 radical (unpaired) electrons. The van der Waals surface area contributed by atoms with Gasteiger partial charge in [-0.15, -0.1) is 0 Å². The minimum atomic E-state index is -0.0408. The summed E-state index contributed by atoms with van der Waals surface area (Å²) in [5.41, 5.74) is 1.25. The molecule has 2 aromatic rings. The molecule has 2 heterocycles. The van der Waals surface area contributed by atoms with Crippen LogP contribution in [0.15, 0.2) is 30.7 Å². The maximum atomic E-state index is 11.5. The van der Waals surface area contributed by atoms with E-state index in [0.717, 1.165) is 32.2 Å². The van der Waals surface area contributed by atoms with Crippen LogP contribution in [0.4, 0.5) is 0 Å². The van der Waals surface area contributed by atoms with Crippen LogP contribution in [0.25, 0.3) is 10.9 Å². The second kappa shape index (κ2) is 5.65. The fourth-order valence-corrected chi connectivity index (χ4v) is 3.22.